The van der Waals surface area contributed by atoms with Gasteiger partial charge in [-0.25, -0.2) is 0 Å². The summed E-state index contributed by atoms with van der Waals surface area (Å²) in [5.41, 5.74) is 10.4. The summed E-state index contributed by atoms with van der Waals surface area (Å²) in [7, 11) is 0. The van der Waals surface area contributed by atoms with Gasteiger partial charge < -0.3 is 10.3 Å². The molecule has 94 valence electrons. The van der Waals surface area contributed by atoms with E-state index < -0.39 is 0 Å². The van der Waals surface area contributed by atoms with E-state index in [0.717, 1.165) is 19.4 Å². The predicted octanol–water partition coefficient (Wildman–Crippen LogP) is 3.55. The molecule has 2 nitrogen and oxygen atoms in total. The van der Waals surface area contributed by atoms with Gasteiger partial charge in [0.1, 0.15) is 0 Å². The second kappa shape index (κ2) is 3.84. The maximum absolute atomic E-state index is 5.92. The third kappa shape index (κ3) is 1.50. The molecule has 2 N–H and O–H groups in total. The van der Waals surface area contributed by atoms with Crippen molar-refractivity contribution in [3.05, 3.63) is 33.9 Å². The Hall–Kier alpha value is -0.800. The monoisotopic (exact) mass is 304 g/mol. The molecule has 3 heteroatoms. The molecule has 0 unspecified atom stereocenters. The van der Waals surface area contributed by atoms with Crippen LogP contribution in [0.2, 0.25) is 0 Å². The second-order valence-electron chi connectivity index (χ2n) is 5.78. The topological polar surface area (TPSA) is 30.9 Å². The Morgan fingerprint density at radius 1 is 1.28 bits per heavy atom. The van der Waals surface area contributed by atoms with Crippen molar-refractivity contribution in [1.82, 2.24) is 4.57 Å². The quantitative estimate of drug-likeness (QED) is 0.858. The molecule has 1 aliphatic carbocycles. The lowest BCUT2D eigenvalue weighted by atomic mass is 9.75. The van der Waals surface area contributed by atoms with E-state index in [9.17, 15) is 0 Å². The van der Waals surface area contributed by atoms with Gasteiger partial charge in [0.25, 0.3) is 0 Å². The Bertz CT molecular complexity index is 623. The van der Waals surface area contributed by atoms with Crippen molar-refractivity contribution in [2.45, 2.75) is 44.2 Å². The first-order valence-electron chi connectivity index (χ1n) is 6.79. The van der Waals surface area contributed by atoms with Crippen LogP contribution in [0.4, 0.5) is 0 Å². The van der Waals surface area contributed by atoms with Crippen molar-refractivity contribution in [1.29, 1.82) is 0 Å². The number of aryl methyl sites for hydroxylation is 2. The molecule has 0 atom stereocenters. The zero-order valence-electron chi connectivity index (χ0n) is 10.3. The molecule has 18 heavy (non-hydrogen) atoms. The summed E-state index contributed by atoms with van der Waals surface area (Å²) < 4.78 is 3.64. The summed E-state index contributed by atoms with van der Waals surface area (Å²) in [4.78, 5) is 0. The van der Waals surface area contributed by atoms with E-state index in [4.69, 9.17) is 5.73 Å². The first-order chi connectivity index (χ1) is 8.72. The molecular weight excluding hydrogens is 288 g/mol. The number of nitrogens with two attached hydrogens (primary N) is 1. The third-order valence-electron chi connectivity index (χ3n) is 4.52. The van der Waals surface area contributed by atoms with Crippen LogP contribution in [0.5, 0.6) is 0 Å². The minimum Gasteiger partial charge on any atom is -0.346 e. The van der Waals surface area contributed by atoms with Gasteiger partial charge in [-0.2, -0.15) is 0 Å². The molecule has 0 bridgehead atoms. The van der Waals surface area contributed by atoms with Crippen LogP contribution >= 0.6 is 15.9 Å². The second-order valence-corrected chi connectivity index (χ2v) is 6.63. The van der Waals surface area contributed by atoms with Gasteiger partial charge in [-0.15, -0.1) is 0 Å². The standard InChI is InChI=1S/C15H17BrN2/c16-14-8-18-3-1-2-9-4-10(7-13(14)15(9)18)11-5-12(17)6-11/h4,7-8,11-12H,1-3,5-6,17H2. The zero-order valence-corrected chi connectivity index (χ0v) is 11.9. The van der Waals surface area contributed by atoms with Crippen LogP contribution in [-0.4, -0.2) is 10.6 Å². The molecule has 1 aromatic heterocycles. The van der Waals surface area contributed by atoms with Crippen LogP contribution in [0.25, 0.3) is 10.9 Å². The number of benzene rings is 1. The summed E-state index contributed by atoms with van der Waals surface area (Å²) in [6.45, 7) is 1.16. The van der Waals surface area contributed by atoms with Crippen LogP contribution in [0.15, 0.2) is 22.8 Å². The Labute approximate surface area is 115 Å². The fraction of sp³-hybridized carbons (Fsp3) is 0.467. The van der Waals surface area contributed by atoms with Crippen molar-refractivity contribution in [2.24, 2.45) is 5.73 Å². The molecule has 1 fully saturated rings. The highest BCUT2D eigenvalue weighted by molar-refractivity contribution is 9.10. The smallest absolute Gasteiger partial charge is 0.0524 e. The van der Waals surface area contributed by atoms with Gasteiger partial charge in [-0.05, 0) is 64.7 Å². The highest BCUT2D eigenvalue weighted by atomic mass is 79.9. The lowest BCUT2D eigenvalue weighted by molar-refractivity contribution is 0.351. The largest absolute Gasteiger partial charge is 0.346 e. The van der Waals surface area contributed by atoms with Crippen LogP contribution in [0.1, 0.15) is 36.3 Å². The van der Waals surface area contributed by atoms with Crippen LogP contribution in [0, 0.1) is 0 Å². The van der Waals surface area contributed by atoms with Gasteiger partial charge in [-0.3, -0.25) is 0 Å². The summed E-state index contributed by atoms with van der Waals surface area (Å²) in [6.07, 6.45) is 7.03. The first-order valence-corrected chi connectivity index (χ1v) is 7.58. The van der Waals surface area contributed by atoms with Crippen molar-refractivity contribution in [3.8, 4) is 0 Å². The van der Waals surface area contributed by atoms with E-state index in [-0.39, 0.29) is 0 Å². The number of nitrogens with zero attached hydrogens (tertiary/aromatic N) is 1. The van der Waals surface area contributed by atoms with Crippen molar-refractivity contribution < 1.29 is 0 Å². The number of rotatable bonds is 1. The normalized spacial score (nSPS) is 26.3. The average molecular weight is 305 g/mol. The number of aromatic nitrogens is 1. The van der Waals surface area contributed by atoms with Gasteiger partial charge >= 0.3 is 0 Å². The Kier molecular flexibility index (Phi) is 2.36. The Balaban J connectivity index is 1.90. The molecule has 0 radical (unpaired) electrons. The predicted molar refractivity (Wildman–Crippen MR) is 77.9 cm³/mol. The van der Waals surface area contributed by atoms with Gasteiger partial charge in [0.05, 0.1) is 5.52 Å². The molecule has 1 saturated carbocycles. The summed E-state index contributed by atoms with van der Waals surface area (Å²) in [6, 6.07) is 5.23. The number of hydrogen-bond acceptors (Lipinski definition) is 1. The Morgan fingerprint density at radius 3 is 2.89 bits per heavy atom. The molecule has 0 saturated heterocycles. The molecule has 0 amide bonds. The molecule has 2 heterocycles. The maximum Gasteiger partial charge on any atom is 0.0524 e. The highest BCUT2D eigenvalue weighted by Gasteiger charge is 2.28. The lowest BCUT2D eigenvalue weighted by Crippen LogP contribution is -2.34. The number of hydrogen-bond donors (Lipinski definition) is 1. The Morgan fingerprint density at radius 2 is 2.11 bits per heavy atom. The lowest BCUT2D eigenvalue weighted by Gasteiger charge is -2.33. The van der Waals surface area contributed by atoms with E-state index in [1.165, 1.54) is 39.3 Å². The minimum absolute atomic E-state index is 0.426. The minimum atomic E-state index is 0.426. The first kappa shape index (κ1) is 11.1. The van der Waals surface area contributed by atoms with E-state index in [1.54, 1.807) is 0 Å². The summed E-state index contributed by atoms with van der Waals surface area (Å²) >= 11 is 3.71. The van der Waals surface area contributed by atoms with E-state index in [0.29, 0.717) is 12.0 Å². The fourth-order valence-electron chi connectivity index (χ4n) is 3.49. The average Bonchev–Trinajstić information content (AvgIpc) is 2.64. The third-order valence-corrected chi connectivity index (χ3v) is 5.15. The summed E-state index contributed by atoms with van der Waals surface area (Å²) in [5.74, 6) is 0.692. The van der Waals surface area contributed by atoms with Gasteiger partial charge in [0.2, 0.25) is 0 Å². The van der Waals surface area contributed by atoms with Crippen LogP contribution < -0.4 is 5.73 Å². The van der Waals surface area contributed by atoms with E-state index in [2.05, 4.69) is 38.8 Å². The van der Waals surface area contributed by atoms with Gasteiger partial charge in [-0.1, -0.05) is 6.07 Å². The zero-order chi connectivity index (χ0) is 12.3. The molecule has 1 aliphatic heterocycles. The van der Waals surface area contributed by atoms with E-state index >= 15 is 0 Å². The molecule has 1 aromatic carbocycles. The van der Waals surface area contributed by atoms with E-state index in [1.807, 2.05) is 0 Å². The maximum atomic E-state index is 5.92. The summed E-state index contributed by atoms with van der Waals surface area (Å²) in [5, 5.41) is 1.39. The molecule has 2 aromatic rings. The van der Waals surface area contributed by atoms with Crippen LogP contribution in [-0.2, 0) is 13.0 Å². The van der Waals surface area contributed by atoms with Crippen molar-refractivity contribution in [2.75, 3.05) is 0 Å². The molecule has 0 spiro atoms. The molecule has 4 rings (SSSR count). The van der Waals surface area contributed by atoms with Gasteiger partial charge in [0, 0.05) is 28.6 Å². The highest BCUT2D eigenvalue weighted by Crippen LogP contribution is 2.40. The fourth-order valence-corrected chi connectivity index (χ4v) is 4.04. The number of halogens is 1. The van der Waals surface area contributed by atoms with Crippen molar-refractivity contribution >= 4 is 26.8 Å². The SMILES string of the molecule is NC1CC(c2cc3c4c(c2)c(Br)cn4CCC3)C1. The van der Waals surface area contributed by atoms with Crippen LogP contribution in [0.3, 0.4) is 0 Å². The van der Waals surface area contributed by atoms with Crippen molar-refractivity contribution in [3.63, 3.8) is 0 Å². The van der Waals surface area contributed by atoms with Gasteiger partial charge in [0.15, 0.2) is 0 Å². The molecule has 2 aliphatic rings. The molecular formula is C15H17BrN2.